The van der Waals surface area contributed by atoms with E-state index in [0.717, 1.165) is 16.9 Å². The summed E-state index contributed by atoms with van der Waals surface area (Å²) in [4.78, 5) is 23.8. The van der Waals surface area contributed by atoms with Crippen LogP contribution in [0.1, 0.15) is 11.1 Å². The van der Waals surface area contributed by atoms with Crippen molar-refractivity contribution in [3.63, 3.8) is 0 Å². The van der Waals surface area contributed by atoms with Crippen molar-refractivity contribution in [3.05, 3.63) is 58.6 Å². The number of nitrogens with one attached hydrogen (secondary N) is 2. The SMILES string of the molecule is COc1ccc(CC(=O)NCC(=O)Nc2ccc(Cl)cc2C)cc1. The lowest BCUT2D eigenvalue weighted by Gasteiger charge is -2.10. The minimum absolute atomic E-state index is 0.0863. The molecule has 0 heterocycles. The quantitative estimate of drug-likeness (QED) is 0.845. The normalized spacial score (nSPS) is 10.1. The zero-order chi connectivity index (χ0) is 17.5. The summed E-state index contributed by atoms with van der Waals surface area (Å²) in [5, 5.41) is 5.95. The lowest BCUT2D eigenvalue weighted by molar-refractivity contribution is -0.123. The summed E-state index contributed by atoms with van der Waals surface area (Å²) in [6.07, 6.45) is 0.206. The lowest BCUT2D eigenvalue weighted by Crippen LogP contribution is -2.33. The van der Waals surface area contributed by atoms with Gasteiger partial charge in [-0.05, 0) is 48.4 Å². The maximum atomic E-state index is 11.9. The van der Waals surface area contributed by atoms with Crippen molar-refractivity contribution in [3.8, 4) is 5.75 Å². The van der Waals surface area contributed by atoms with Gasteiger partial charge in [0.1, 0.15) is 5.75 Å². The summed E-state index contributed by atoms with van der Waals surface area (Å²) in [5.41, 5.74) is 2.39. The van der Waals surface area contributed by atoms with Crippen LogP contribution in [-0.4, -0.2) is 25.5 Å². The lowest BCUT2D eigenvalue weighted by atomic mass is 10.1. The molecule has 0 atom stereocenters. The van der Waals surface area contributed by atoms with Gasteiger partial charge in [-0.1, -0.05) is 23.7 Å². The van der Waals surface area contributed by atoms with Gasteiger partial charge >= 0.3 is 0 Å². The molecule has 2 rings (SSSR count). The Labute approximate surface area is 146 Å². The number of aryl methyl sites for hydroxylation is 1. The van der Waals surface area contributed by atoms with Crippen molar-refractivity contribution in [2.24, 2.45) is 0 Å². The maximum absolute atomic E-state index is 11.9. The van der Waals surface area contributed by atoms with E-state index in [1.165, 1.54) is 0 Å². The van der Waals surface area contributed by atoms with Crippen LogP contribution in [0.25, 0.3) is 0 Å². The molecule has 5 nitrogen and oxygen atoms in total. The highest BCUT2D eigenvalue weighted by Gasteiger charge is 2.08. The van der Waals surface area contributed by atoms with Crippen LogP contribution in [0, 0.1) is 6.92 Å². The number of ether oxygens (including phenoxy) is 1. The minimum atomic E-state index is -0.288. The van der Waals surface area contributed by atoms with Gasteiger partial charge in [-0.15, -0.1) is 0 Å². The van der Waals surface area contributed by atoms with E-state index in [4.69, 9.17) is 16.3 Å². The highest BCUT2D eigenvalue weighted by atomic mass is 35.5. The fraction of sp³-hybridized carbons (Fsp3) is 0.222. The summed E-state index contributed by atoms with van der Waals surface area (Å²) in [7, 11) is 1.59. The molecule has 0 aliphatic rings. The third-order valence-electron chi connectivity index (χ3n) is 3.43. The highest BCUT2D eigenvalue weighted by Crippen LogP contribution is 2.19. The van der Waals surface area contributed by atoms with Crippen molar-refractivity contribution >= 4 is 29.1 Å². The van der Waals surface area contributed by atoms with E-state index in [1.807, 2.05) is 19.1 Å². The molecule has 2 amide bonds. The van der Waals surface area contributed by atoms with Crippen molar-refractivity contribution in [1.29, 1.82) is 0 Å². The van der Waals surface area contributed by atoms with Crippen LogP contribution in [0.4, 0.5) is 5.69 Å². The third-order valence-corrected chi connectivity index (χ3v) is 3.67. The van der Waals surface area contributed by atoms with Gasteiger partial charge in [0.05, 0.1) is 20.1 Å². The Balaban J connectivity index is 1.81. The number of hydrogen-bond acceptors (Lipinski definition) is 3. The van der Waals surface area contributed by atoms with Gasteiger partial charge in [0.2, 0.25) is 11.8 Å². The van der Waals surface area contributed by atoms with Gasteiger partial charge in [0.25, 0.3) is 0 Å². The predicted octanol–water partition coefficient (Wildman–Crippen LogP) is 2.95. The van der Waals surface area contributed by atoms with E-state index in [2.05, 4.69) is 10.6 Å². The van der Waals surface area contributed by atoms with E-state index >= 15 is 0 Å². The Hall–Kier alpha value is -2.53. The molecule has 2 N–H and O–H groups in total. The number of carbonyl (C=O) groups excluding carboxylic acids is 2. The third kappa shape index (κ3) is 5.28. The number of methoxy groups -OCH3 is 1. The molecular weight excluding hydrogens is 328 g/mol. The number of rotatable bonds is 6. The smallest absolute Gasteiger partial charge is 0.243 e. The van der Waals surface area contributed by atoms with Crippen LogP contribution in [-0.2, 0) is 16.0 Å². The molecule has 0 saturated heterocycles. The van der Waals surface area contributed by atoms with E-state index in [1.54, 1.807) is 37.4 Å². The molecule has 0 aliphatic heterocycles. The van der Waals surface area contributed by atoms with Crippen LogP contribution >= 0.6 is 11.6 Å². The summed E-state index contributed by atoms with van der Waals surface area (Å²) >= 11 is 5.87. The first-order valence-electron chi connectivity index (χ1n) is 7.43. The number of benzene rings is 2. The van der Waals surface area contributed by atoms with Crippen molar-refractivity contribution in [2.75, 3.05) is 19.0 Å². The zero-order valence-corrected chi connectivity index (χ0v) is 14.3. The molecule has 0 spiro atoms. The molecule has 2 aromatic carbocycles. The summed E-state index contributed by atoms with van der Waals surface area (Å²) in [6.45, 7) is 1.76. The Morgan fingerprint density at radius 3 is 2.42 bits per heavy atom. The molecule has 2 aromatic rings. The molecule has 0 radical (unpaired) electrons. The summed E-state index contributed by atoms with van der Waals surface area (Å²) in [5.74, 6) is 0.225. The Bertz CT molecular complexity index is 730. The molecule has 126 valence electrons. The van der Waals surface area contributed by atoms with Gasteiger partial charge in [0.15, 0.2) is 0 Å². The molecule has 0 fully saturated rings. The molecule has 6 heteroatoms. The van der Waals surface area contributed by atoms with Crippen LogP contribution in [0.5, 0.6) is 5.75 Å². The second kappa shape index (κ2) is 8.36. The molecule has 24 heavy (non-hydrogen) atoms. The molecule has 0 aliphatic carbocycles. The highest BCUT2D eigenvalue weighted by molar-refractivity contribution is 6.30. The number of hydrogen-bond donors (Lipinski definition) is 2. The molecule has 0 saturated carbocycles. The van der Waals surface area contributed by atoms with Gasteiger partial charge in [0, 0.05) is 10.7 Å². The molecule has 0 bridgehead atoms. The van der Waals surface area contributed by atoms with Crippen LogP contribution in [0.3, 0.4) is 0 Å². The average Bonchev–Trinajstić information content (AvgIpc) is 2.56. The average molecular weight is 347 g/mol. The number of carbonyl (C=O) groups is 2. The molecule has 0 unspecified atom stereocenters. The Morgan fingerprint density at radius 1 is 1.08 bits per heavy atom. The minimum Gasteiger partial charge on any atom is -0.497 e. The zero-order valence-electron chi connectivity index (χ0n) is 13.6. The van der Waals surface area contributed by atoms with E-state index in [-0.39, 0.29) is 24.8 Å². The summed E-state index contributed by atoms with van der Waals surface area (Å²) < 4.78 is 5.06. The van der Waals surface area contributed by atoms with Crippen LogP contribution in [0.15, 0.2) is 42.5 Å². The van der Waals surface area contributed by atoms with E-state index in [9.17, 15) is 9.59 Å². The van der Waals surface area contributed by atoms with Gasteiger partial charge in [-0.25, -0.2) is 0 Å². The number of amides is 2. The van der Waals surface area contributed by atoms with Gasteiger partial charge in [-0.2, -0.15) is 0 Å². The van der Waals surface area contributed by atoms with E-state index in [0.29, 0.717) is 10.7 Å². The largest absolute Gasteiger partial charge is 0.497 e. The van der Waals surface area contributed by atoms with Crippen LogP contribution < -0.4 is 15.4 Å². The monoisotopic (exact) mass is 346 g/mol. The summed E-state index contributed by atoms with van der Waals surface area (Å²) in [6, 6.07) is 12.4. The molecule has 0 aromatic heterocycles. The van der Waals surface area contributed by atoms with Gasteiger partial charge < -0.3 is 15.4 Å². The first-order valence-corrected chi connectivity index (χ1v) is 7.81. The number of halogens is 1. The van der Waals surface area contributed by atoms with Crippen molar-refractivity contribution in [2.45, 2.75) is 13.3 Å². The predicted molar refractivity (Wildman–Crippen MR) is 94.5 cm³/mol. The topological polar surface area (TPSA) is 67.4 Å². The Morgan fingerprint density at radius 2 is 1.79 bits per heavy atom. The first kappa shape index (κ1) is 17.8. The maximum Gasteiger partial charge on any atom is 0.243 e. The standard InChI is InChI=1S/C18H19ClN2O3/c1-12-9-14(19)5-8-16(12)21-18(23)11-20-17(22)10-13-3-6-15(24-2)7-4-13/h3-9H,10-11H2,1-2H3,(H,20,22)(H,21,23). The molecular formula is C18H19ClN2O3. The van der Waals surface area contributed by atoms with E-state index < -0.39 is 0 Å². The Kier molecular flexibility index (Phi) is 6.21. The second-order valence-corrected chi connectivity index (χ2v) is 5.75. The van der Waals surface area contributed by atoms with Crippen molar-refractivity contribution in [1.82, 2.24) is 5.32 Å². The first-order chi connectivity index (χ1) is 11.5. The number of anilines is 1. The van der Waals surface area contributed by atoms with Gasteiger partial charge in [-0.3, -0.25) is 9.59 Å². The van der Waals surface area contributed by atoms with Crippen molar-refractivity contribution < 1.29 is 14.3 Å². The fourth-order valence-corrected chi connectivity index (χ4v) is 2.36. The second-order valence-electron chi connectivity index (χ2n) is 5.31. The fourth-order valence-electron chi connectivity index (χ4n) is 2.13. The van der Waals surface area contributed by atoms with Crippen LogP contribution in [0.2, 0.25) is 5.02 Å².